The number of pyridine rings is 1. The van der Waals surface area contributed by atoms with Gasteiger partial charge in [-0.3, -0.25) is 4.98 Å². The standard InChI is InChI=1S/C13H11FN2O2/c1-8-5-6-9(7-15-8)16-12-10(13(17)18)3-2-4-11(12)14/h2-7,16H,1H3,(H,17,18). The Balaban J connectivity index is 2.39. The fourth-order valence-electron chi connectivity index (χ4n) is 1.52. The summed E-state index contributed by atoms with van der Waals surface area (Å²) in [5.74, 6) is -1.80. The molecule has 2 aromatic rings. The van der Waals surface area contributed by atoms with Gasteiger partial charge in [0.15, 0.2) is 0 Å². The molecule has 1 heterocycles. The second kappa shape index (κ2) is 4.83. The van der Waals surface area contributed by atoms with Crippen molar-refractivity contribution in [3.05, 3.63) is 53.6 Å². The highest BCUT2D eigenvalue weighted by Gasteiger charge is 2.14. The van der Waals surface area contributed by atoms with Crippen molar-refractivity contribution in [2.75, 3.05) is 5.32 Å². The SMILES string of the molecule is Cc1ccc(Nc2c(F)cccc2C(=O)O)cn1. The van der Waals surface area contributed by atoms with Crippen LogP contribution in [-0.2, 0) is 0 Å². The van der Waals surface area contributed by atoms with Crippen LogP contribution in [0.3, 0.4) is 0 Å². The van der Waals surface area contributed by atoms with Crippen LogP contribution < -0.4 is 5.32 Å². The van der Waals surface area contributed by atoms with E-state index in [1.54, 1.807) is 12.1 Å². The van der Waals surface area contributed by atoms with Gasteiger partial charge in [-0.25, -0.2) is 9.18 Å². The van der Waals surface area contributed by atoms with E-state index in [4.69, 9.17) is 5.11 Å². The van der Waals surface area contributed by atoms with E-state index < -0.39 is 11.8 Å². The first kappa shape index (κ1) is 12.0. The van der Waals surface area contributed by atoms with Gasteiger partial charge in [0.1, 0.15) is 5.82 Å². The minimum atomic E-state index is -1.18. The monoisotopic (exact) mass is 246 g/mol. The zero-order chi connectivity index (χ0) is 13.1. The van der Waals surface area contributed by atoms with Crippen molar-refractivity contribution in [3.63, 3.8) is 0 Å². The van der Waals surface area contributed by atoms with Crippen molar-refractivity contribution < 1.29 is 14.3 Å². The van der Waals surface area contributed by atoms with Gasteiger partial charge in [0, 0.05) is 5.69 Å². The number of hydrogen-bond donors (Lipinski definition) is 2. The van der Waals surface area contributed by atoms with Crippen LogP contribution in [0.25, 0.3) is 0 Å². The maximum absolute atomic E-state index is 13.6. The number of hydrogen-bond acceptors (Lipinski definition) is 3. The molecule has 0 aliphatic heterocycles. The van der Waals surface area contributed by atoms with E-state index in [0.717, 1.165) is 5.69 Å². The molecule has 1 aromatic carbocycles. The molecule has 0 aliphatic carbocycles. The van der Waals surface area contributed by atoms with Crippen LogP contribution in [0.2, 0.25) is 0 Å². The lowest BCUT2D eigenvalue weighted by Crippen LogP contribution is -2.05. The molecule has 5 heteroatoms. The smallest absolute Gasteiger partial charge is 0.337 e. The summed E-state index contributed by atoms with van der Waals surface area (Å²) in [6.45, 7) is 1.83. The molecular formula is C13H11FN2O2. The fraction of sp³-hybridized carbons (Fsp3) is 0.0769. The summed E-state index contributed by atoms with van der Waals surface area (Å²) in [5.41, 5.74) is 1.19. The first-order chi connectivity index (χ1) is 8.58. The van der Waals surface area contributed by atoms with E-state index in [0.29, 0.717) is 5.69 Å². The Morgan fingerprint density at radius 1 is 1.33 bits per heavy atom. The summed E-state index contributed by atoms with van der Waals surface area (Å²) < 4.78 is 13.6. The van der Waals surface area contributed by atoms with Crippen molar-refractivity contribution in [2.24, 2.45) is 0 Å². The Hall–Kier alpha value is -2.43. The topological polar surface area (TPSA) is 62.2 Å². The molecule has 0 unspecified atom stereocenters. The summed E-state index contributed by atoms with van der Waals surface area (Å²) in [5, 5.41) is 11.7. The van der Waals surface area contributed by atoms with E-state index in [9.17, 15) is 9.18 Å². The van der Waals surface area contributed by atoms with E-state index in [-0.39, 0.29) is 11.3 Å². The summed E-state index contributed by atoms with van der Waals surface area (Å²) >= 11 is 0. The molecule has 92 valence electrons. The number of rotatable bonds is 3. The molecule has 0 radical (unpaired) electrons. The number of aromatic nitrogens is 1. The van der Waals surface area contributed by atoms with Gasteiger partial charge in [-0.15, -0.1) is 0 Å². The van der Waals surface area contributed by atoms with Gasteiger partial charge >= 0.3 is 5.97 Å². The number of carboxylic acids is 1. The molecule has 0 spiro atoms. The number of anilines is 2. The van der Waals surface area contributed by atoms with E-state index in [1.807, 2.05) is 6.92 Å². The number of halogens is 1. The van der Waals surface area contributed by atoms with Crippen LogP contribution >= 0.6 is 0 Å². The van der Waals surface area contributed by atoms with Gasteiger partial charge in [0.25, 0.3) is 0 Å². The summed E-state index contributed by atoms with van der Waals surface area (Å²) in [4.78, 5) is 15.0. The van der Waals surface area contributed by atoms with Crippen LogP contribution in [0.1, 0.15) is 16.1 Å². The lowest BCUT2D eigenvalue weighted by Gasteiger charge is -2.10. The normalized spacial score (nSPS) is 10.1. The number of para-hydroxylation sites is 1. The maximum Gasteiger partial charge on any atom is 0.337 e. The van der Waals surface area contributed by atoms with Crippen LogP contribution in [0.15, 0.2) is 36.5 Å². The lowest BCUT2D eigenvalue weighted by atomic mass is 10.1. The van der Waals surface area contributed by atoms with Gasteiger partial charge in [-0.1, -0.05) is 6.07 Å². The number of carboxylic acid groups (broad SMARTS) is 1. The maximum atomic E-state index is 13.6. The molecule has 2 rings (SSSR count). The zero-order valence-corrected chi connectivity index (χ0v) is 9.64. The van der Waals surface area contributed by atoms with E-state index in [2.05, 4.69) is 10.3 Å². The van der Waals surface area contributed by atoms with Crippen molar-refractivity contribution >= 4 is 17.3 Å². The Bertz CT molecular complexity index is 582. The number of benzene rings is 1. The van der Waals surface area contributed by atoms with Crippen LogP contribution in [0.5, 0.6) is 0 Å². The summed E-state index contributed by atoms with van der Waals surface area (Å²) in [6.07, 6.45) is 1.52. The molecule has 0 bridgehead atoms. The first-order valence-corrected chi connectivity index (χ1v) is 5.29. The molecular weight excluding hydrogens is 235 g/mol. The Morgan fingerprint density at radius 2 is 2.11 bits per heavy atom. The Labute approximate surface area is 103 Å². The predicted octanol–water partition coefficient (Wildman–Crippen LogP) is 2.97. The third-order valence-corrected chi connectivity index (χ3v) is 2.42. The third kappa shape index (κ3) is 2.45. The van der Waals surface area contributed by atoms with Crippen LogP contribution in [0, 0.1) is 12.7 Å². The number of aryl methyl sites for hydroxylation is 1. The molecule has 0 amide bonds. The minimum Gasteiger partial charge on any atom is -0.478 e. The van der Waals surface area contributed by atoms with Crippen LogP contribution in [0.4, 0.5) is 15.8 Å². The molecule has 0 fully saturated rings. The second-order valence-corrected chi connectivity index (χ2v) is 3.78. The Morgan fingerprint density at radius 3 is 2.72 bits per heavy atom. The van der Waals surface area contributed by atoms with Gasteiger partial charge in [0.2, 0.25) is 0 Å². The highest BCUT2D eigenvalue weighted by molar-refractivity contribution is 5.95. The van der Waals surface area contributed by atoms with Crippen molar-refractivity contribution in [2.45, 2.75) is 6.92 Å². The summed E-state index contributed by atoms with van der Waals surface area (Å²) in [6, 6.07) is 7.37. The third-order valence-electron chi connectivity index (χ3n) is 2.42. The number of nitrogens with one attached hydrogen (secondary N) is 1. The minimum absolute atomic E-state index is 0.0596. The quantitative estimate of drug-likeness (QED) is 0.874. The molecule has 0 saturated carbocycles. The highest BCUT2D eigenvalue weighted by Crippen LogP contribution is 2.24. The molecule has 0 saturated heterocycles. The lowest BCUT2D eigenvalue weighted by molar-refractivity contribution is 0.0697. The molecule has 0 atom stereocenters. The average molecular weight is 246 g/mol. The Kier molecular flexibility index (Phi) is 3.23. The van der Waals surface area contributed by atoms with Crippen LogP contribution in [-0.4, -0.2) is 16.1 Å². The average Bonchev–Trinajstić information content (AvgIpc) is 2.34. The van der Waals surface area contributed by atoms with Crippen molar-refractivity contribution in [3.8, 4) is 0 Å². The highest BCUT2D eigenvalue weighted by atomic mass is 19.1. The fourth-order valence-corrected chi connectivity index (χ4v) is 1.52. The molecule has 2 N–H and O–H groups in total. The molecule has 4 nitrogen and oxygen atoms in total. The van der Waals surface area contributed by atoms with Gasteiger partial charge in [0.05, 0.1) is 23.1 Å². The summed E-state index contributed by atoms with van der Waals surface area (Å²) in [7, 11) is 0. The van der Waals surface area contributed by atoms with Gasteiger partial charge in [-0.2, -0.15) is 0 Å². The van der Waals surface area contributed by atoms with E-state index in [1.165, 1.54) is 24.4 Å². The second-order valence-electron chi connectivity index (χ2n) is 3.78. The molecule has 1 aromatic heterocycles. The first-order valence-electron chi connectivity index (χ1n) is 5.29. The molecule has 18 heavy (non-hydrogen) atoms. The van der Waals surface area contributed by atoms with Crippen molar-refractivity contribution in [1.29, 1.82) is 0 Å². The molecule has 0 aliphatic rings. The largest absolute Gasteiger partial charge is 0.478 e. The zero-order valence-electron chi connectivity index (χ0n) is 9.64. The number of nitrogens with zero attached hydrogens (tertiary/aromatic N) is 1. The van der Waals surface area contributed by atoms with E-state index >= 15 is 0 Å². The predicted molar refractivity (Wildman–Crippen MR) is 65.6 cm³/mol. The number of carbonyl (C=O) groups is 1. The van der Waals surface area contributed by atoms with Gasteiger partial charge in [-0.05, 0) is 31.2 Å². The number of aromatic carboxylic acids is 1. The van der Waals surface area contributed by atoms with Gasteiger partial charge < -0.3 is 10.4 Å². The van der Waals surface area contributed by atoms with Crippen molar-refractivity contribution in [1.82, 2.24) is 4.98 Å².